The predicted octanol–water partition coefficient (Wildman–Crippen LogP) is 0.448. The topological polar surface area (TPSA) is 119 Å². The molecule has 1 unspecified atom stereocenters. The molecule has 7 heteroatoms. The van der Waals surface area contributed by atoms with E-state index in [4.69, 9.17) is 10.9 Å². The minimum atomic E-state index is -0.900. The van der Waals surface area contributed by atoms with Crippen LogP contribution < -0.4 is 5.73 Å². The quantitative estimate of drug-likeness (QED) is 0.314. The Labute approximate surface area is 91.8 Å². The molecule has 0 aromatic rings. The first-order valence-electron chi connectivity index (χ1n) is 4.92. The van der Waals surface area contributed by atoms with Gasteiger partial charge in [0.05, 0.1) is 0 Å². The summed E-state index contributed by atoms with van der Waals surface area (Å²) < 4.78 is 0. The number of carbonyl (C=O) groups excluding carboxylic acids is 1. The van der Waals surface area contributed by atoms with E-state index in [9.17, 15) is 14.9 Å². The maximum atomic E-state index is 10.8. The van der Waals surface area contributed by atoms with E-state index in [0.29, 0.717) is 18.4 Å². The zero-order chi connectivity index (χ0) is 12.1. The van der Waals surface area contributed by atoms with Crippen LogP contribution in [0.25, 0.3) is 0 Å². The first-order chi connectivity index (χ1) is 7.56. The number of nitro groups is 1. The number of carbonyl (C=O) groups is 1. The van der Waals surface area contributed by atoms with Crippen molar-refractivity contribution in [3.63, 3.8) is 0 Å². The molecule has 88 valence electrons. The molecule has 1 amide bonds. The van der Waals surface area contributed by atoms with E-state index in [1.165, 1.54) is 6.08 Å². The van der Waals surface area contributed by atoms with Crippen molar-refractivity contribution in [3.05, 3.63) is 21.8 Å². The number of primary amides is 1. The monoisotopic (exact) mass is 227 g/mol. The van der Waals surface area contributed by atoms with Crippen LogP contribution >= 0.6 is 0 Å². The zero-order valence-electron chi connectivity index (χ0n) is 8.63. The lowest BCUT2D eigenvalue weighted by atomic mass is 9.89. The molecule has 0 aliphatic heterocycles. The summed E-state index contributed by atoms with van der Waals surface area (Å²) in [4.78, 5) is 21.2. The Morgan fingerprint density at radius 3 is 2.81 bits per heavy atom. The molecule has 3 N–H and O–H groups in total. The Balaban J connectivity index is 2.94. The van der Waals surface area contributed by atoms with Gasteiger partial charge in [-0.3, -0.25) is 14.9 Å². The van der Waals surface area contributed by atoms with Crippen LogP contribution in [0.5, 0.6) is 0 Å². The Bertz CT molecular complexity index is 362. The highest BCUT2D eigenvalue weighted by Gasteiger charge is 2.29. The van der Waals surface area contributed by atoms with Gasteiger partial charge in [-0.05, 0) is 25.3 Å². The molecule has 0 radical (unpaired) electrons. The third kappa shape index (κ3) is 2.78. The standard InChI is InChI=1S/C9H13N3O4/c10-9(13)7(11-14)5-6-3-1-2-4-8(6)12(15)16/h5,8,14H,1-4H2,(H2,10,13). The fraction of sp³-hybridized carbons (Fsp3) is 0.556. The van der Waals surface area contributed by atoms with Crippen molar-refractivity contribution >= 4 is 11.6 Å². The summed E-state index contributed by atoms with van der Waals surface area (Å²) in [6.45, 7) is 0. The first-order valence-corrected chi connectivity index (χ1v) is 4.92. The van der Waals surface area contributed by atoms with E-state index in [-0.39, 0.29) is 10.6 Å². The molecule has 0 heterocycles. The zero-order valence-corrected chi connectivity index (χ0v) is 8.63. The van der Waals surface area contributed by atoms with E-state index in [1.54, 1.807) is 0 Å². The van der Waals surface area contributed by atoms with E-state index in [1.807, 2.05) is 0 Å². The molecule has 7 nitrogen and oxygen atoms in total. The van der Waals surface area contributed by atoms with Gasteiger partial charge in [-0.2, -0.15) is 0 Å². The van der Waals surface area contributed by atoms with E-state index in [2.05, 4.69) is 5.16 Å². The Morgan fingerprint density at radius 2 is 2.31 bits per heavy atom. The van der Waals surface area contributed by atoms with Gasteiger partial charge < -0.3 is 10.9 Å². The number of amides is 1. The lowest BCUT2D eigenvalue weighted by Gasteiger charge is -2.18. The minimum Gasteiger partial charge on any atom is -0.410 e. The SMILES string of the molecule is NC(=O)C(C=C1CCCCC1[N+](=O)[O-])=NO. The number of oxime groups is 1. The molecule has 0 aromatic heterocycles. The molecular weight excluding hydrogens is 214 g/mol. The summed E-state index contributed by atoms with van der Waals surface area (Å²) in [5, 5.41) is 22.0. The van der Waals surface area contributed by atoms with Crippen LogP contribution in [-0.2, 0) is 4.79 Å². The number of rotatable bonds is 3. The second-order valence-corrected chi connectivity index (χ2v) is 3.62. The first kappa shape index (κ1) is 12.2. The van der Waals surface area contributed by atoms with Crippen LogP contribution in [0.15, 0.2) is 16.8 Å². The molecule has 1 atom stereocenters. The summed E-state index contributed by atoms with van der Waals surface area (Å²) in [6, 6.07) is -0.801. The average Bonchev–Trinajstić information content (AvgIpc) is 2.25. The summed E-state index contributed by atoms with van der Waals surface area (Å²) in [5.74, 6) is -0.900. The number of hydrogen-bond acceptors (Lipinski definition) is 5. The predicted molar refractivity (Wildman–Crippen MR) is 55.7 cm³/mol. The van der Waals surface area contributed by atoms with Crippen LogP contribution in [0.4, 0.5) is 0 Å². The molecule has 1 fully saturated rings. The number of nitrogens with two attached hydrogens (primary N) is 1. The van der Waals surface area contributed by atoms with Gasteiger partial charge in [-0.25, -0.2) is 0 Å². The van der Waals surface area contributed by atoms with Gasteiger partial charge in [-0.15, -0.1) is 0 Å². The van der Waals surface area contributed by atoms with Crippen molar-refractivity contribution in [3.8, 4) is 0 Å². The molecule has 1 saturated carbocycles. The second kappa shape index (κ2) is 5.24. The number of nitrogens with zero attached hydrogens (tertiary/aromatic N) is 2. The summed E-state index contributed by atoms with van der Waals surface area (Å²) >= 11 is 0. The highest BCUT2D eigenvalue weighted by Crippen LogP contribution is 2.25. The van der Waals surface area contributed by atoms with Crippen molar-refractivity contribution in [2.75, 3.05) is 0 Å². The summed E-state index contributed by atoms with van der Waals surface area (Å²) in [6.07, 6.45) is 3.79. The van der Waals surface area contributed by atoms with Crippen LogP contribution in [0.1, 0.15) is 25.7 Å². The van der Waals surface area contributed by atoms with Gasteiger partial charge >= 0.3 is 0 Å². The Hall–Kier alpha value is -1.92. The van der Waals surface area contributed by atoms with E-state index in [0.717, 1.165) is 12.8 Å². The molecule has 0 bridgehead atoms. The highest BCUT2D eigenvalue weighted by molar-refractivity contribution is 6.42. The third-order valence-electron chi connectivity index (χ3n) is 2.56. The van der Waals surface area contributed by atoms with Gasteiger partial charge in [0.1, 0.15) is 0 Å². The highest BCUT2D eigenvalue weighted by atomic mass is 16.6. The van der Waals surface area contributed by atoms with Gasteiger partial charge in [0.25, 0.3) is 5.91 Å². The molecule has 0 saturated heterocycles. The maximum Gasteiger partial charge on any atom is 0.270 e. The fourth-order valence-corrected chi connectivity index (χ4v) is 1.75. The van der Waals surface area contributed by atoms with Crippen molar-refractivity contribution in [2.45, 2.75) is 31.7 Å². The average molecular weight is 227 g/mol. The van der Waals surface area contributed by atoms with Crippen molar-refractivity contribution in [1.82, 2.24) is 0 Å². The van der Waals surface area contributed by atoms with Crippen molar-refractivity contribution in [2.24, 2.45) is 10.9 Å². The largest absolute Gasteiger partial charge is 0.410 e. The van der Waals surface area contributed by atoms with E-state index >= 15 is 0 Å². The van der Waals surface area contributed by atoms with Crippen LogP contribution in [0.3, 0.4) is 0 Å². The second-order valence-electron chi connectivity index (χ2n) is 3.62. The van der Waals surface area contributed by atoms with Crippen LogP contribution in [-0.4, -0.2) is 27.8 Å². The van der Waals surface area contributed by atoms with Gasteiger partial charge in [0.15, 0.2) is 5.71 Å². The molecule has 1 aliphatic rings. The summed E-state index contributed by atoms with van der Waals surface area (Å²) in [5.41, 5.74) is 5.09. The summed E-state index contributed by atoms with van der Waals surface area (Å²) in [7, 11) is 0. The van der Waals surface area contributed by atoms with Crippen molar-refractivity contribution in [1.29, 1.82) is 0 Å². The Morgan fingerprint density at radius 1 is 1.62 bits per heavy atom. The lowest BCUT2D eigenvalue weighted by molar-refractivity contribution is -0.514. The van der Waals surface area contributed by atoms with Gasteiger partial charge in [0.2, 0.25) is 6.04 Å². The lowest BCUT2D eigenvalue weighted by Crippen LogP contribution is -2.28. The molecule has 1 rings (SSSR count). The van der Waals surface area contributed by atoms with Crippen LogP contribution in [0.2, 0.25) is 0 Å². The van der Waals surface area contributed by atoms with E-state index < -0.39 is 11.9 Å². The molecule has 1 aliphatic carbocycles. The molecular formula is C9H13N3O4. The smallest absolute Gasteiger partial charge is 0.270 e. The molecule has 16 heavy (non-hydrogen) atoms. The van der Waals surface area contributed by atoms with Crippen molar-refractivity contribution < 1.29 is 14.9 Å². The third-order valence-corrected chi connectivity index (χ3v) is 2.56. The fourth-order valence-electron chi connectivity index (χ4n) is 1.75. The molecule has 0 spiro atoms. The Kier molecular flexibility index (Phi) is 3.98. The maximum absolute atomic E-state index is 10.8. The normalized spacial score (nSPS) is 24.4. The number of hydrogen-bond donors (Lipinski definition) is 2. The van der Waals surface area contributed by atoms with Gasteiger partial charge in [-0.1, -0.05) is 5.16 Å². The molecule has 0 aromatic carbocycles. The minimum absolute atomic E-state index is 0.344. The van der Waals surface area contributed by atoms with Crippen LogP contribution in [0, 0.1) is 10.1 Å². The van der Waals surface area contributed by atoms with Gasteiger partial charge in [0, 0.05) is 16.9 Å².